The predicted molar refractivity (Wildman–Crippen MR) is 268 cm³/mol. The van der Waals surface area contributed by atoms with Crippen LogP contribution in [0.4, 0.5) is 0 Å². The maximum Gasteiger partial charge on any atom is 0.164 e. The van der Waals surface area contributed by atoms with Gasteiger partial charge in [0, 0.05) is 58.1 Å². The molecule has 4 nitrogen and oxygen atoms in total. The van der Waals surface area contributed by atoms with Crippen molar-refractivity contribution in [3.05, 3.63) is 242 Å². The topological polar surface area (TPSA) is 43.6 Å². The first-order valence-electron chi connectivity index (χ1n) is 22.2. The monoisotopic (exact) mass is 852 g/mol. The fourth-order valence-electron chi connectivity index (χ4n) is 10.2. The molecule has 0 fully saturated rings. The molecule has 2 heterocycles. The van der Waals surface area contributed by atoms with Gasteiger partial charge in [-0.15, -0.1) is 10.0 Å². The van der Waals surface area contributed by atoms with Gasteiger partial charge in [-0.2, -0.15) is 0 Å². The highest BCUT2D eigenvalue weighted by Gasteiger charge is 2.37. The zero-order chi connectivity index (χ0) is 43.5. The number of benzene rings is 9. The molecule has 5 heteroatoms. The number of aromatic nitrogens is 4. The van der Waals surface area contributed by atoms with Crippen LogP contribution in [-0.4, -0.2) is 19.5 Å². The number of rotatable bonds is 8. The van der Waals surface area contributed by atoms with Gasteiger partial charge in [-0.1, -0.05) is 172 Å². The molecule has 1 aliphatic carbocycles. The van der Waals surface area contributed by atoms with Crippen molar-refractivity contribution in [3.63, 3.8) is 0 Å². The van der Waals surface area contributed by atoms with Crippen molar-refractivity contribution in [1.82, 2.24) is 19.5 Å². The van der Waals surface area contributed by atoms with Crippen LogP contribution < -0.4 is 0 Å². The molecule has 0 radical (unpaired) electrons. The predicted octanol–water partition coefficient (Wildman–Crippen LogP) is 15.6. The SMILES string of the molecule is CC1(C)c2ccccc2-c2c1ccc1c2c2ccccc2n1-c1cccc(-c2nc(-c3ccccc3)nc(-c3cccc(S(c4ccccc4)(c4ccccc4)c4ccccc4)c3)n2)c1. The first kappa shape index (κ1) is 38.8. The molecule has 0 spiro atoms. The molecule has 0 aliphatic heterocycles. The summed E-state index contributed by atoms with van der Waals surface area (Å²) in [5, 5.41) is 2.53. The standard InChI is InChI=1S/C60H44N4S/c1-60(2)51-35-17-15-33-49(51)55-52(60)37-38-54-56(55)50-34-16-18-36-53(50)64(54)44-25-19-23-42(39-44)58-61-57(41-21-7-3-8-22-41)62-59(63-58)43-24-20-32-48(40-43)65(45-26-9-4-10-27-45,46-28-11-5-12-29-46)47-30-13-6-14-31-47/h3-40H,1-2H3. The van der Waals surface area contributed by atoms with Crippen molar-refractivity contribution in [2.24, 2.45) is 0 Å². The van der Waals surface area contributed by atoms with Gasteiger partial charge in [-0.25, -0.2) is 15.0 Å². The fourth-order valence-corrected chi connectivity index (χ4v) is 14.1. The van der Waals surface area contributed by atoms with E-state index in [0.29, 0.717) is 17.5 Å². The van der Waals surface area contributed by atoms with E-state index < -0.39 is 10.0 Å². The molecule has 0 saturated heterocycles. The Morgan fingerprint density at radius 2 is 0.877 bits per heavy atom. The second-order valence-corrected chi connectivity index (χ2v) is 20.3. The minimum atomic E-state index is -1.93. The highest BCUT2D eigenvalue weighted by atomic mass is 32.3. The maximum absolute atomic E-state index is 5.35. The molecular weight excluding hydrogens is 809 g/mol. The van der Waals surface area contributed by atoms with E-state index in [-0.39, 0.29) is 5.41 Å². The van der Waals surface area contributed by atoms with E-state index >= 15 is 0 Å². The number of hydrogen-bond acceptors (Lipinski definition) is 3. The number of hydrogen-bond donors (Lipinski definition) is 0. The van der Waals surface area contributed by atoms with Crippen molar-refractivity contribution < 1.29 is 0 Å². The van der Waals surface area contributed by atoms with Crippen LogP contribution in [0.15, 0.2) is 250 Å². The summed E-state index contributed by atoms with van der Waals surface area (Å²) in [5.74, 6) is 1.87. The fraction of sp³-hybridized carbons (Fsp3) is 0.0500. The summed E-state index contributed by atoms with van der Waals surface area (Å²) >= 11 is 0. The minimum absolute atomic E-state index is 0.0942. The molecule has 0 bridgehead atoms. The van der Waals surface area contributed by atoms with Crippen molar-refractivity contribution in [1.29, 1.82) is 0 Å². The molecular formula is C60H44N4S. The van der Waals surface area contributed by atoms with Crippen LogP contribution in [0.1, 0.15) is 25.0 Å². The van der Waals surface area contributed by atoms with E-state index in [1.807, 2.05) is 18.2 Å². The van der Waals surface area contributed by atoms with Crippen molar-refractivity contribution in [2.45, 2.75) is 38.8 Å². The van der Waals surface area contributed by atoms with Crippen LogP contribution in [0.3, 0.4) is 0 Å². The molecule has 310 valence electrons. The first-order valence-corrected chi connectivity index (χ1v) is 23.8. The average Bonchev–Trinajstić information content (AvgIpc) is 3.84. The lowest BCUT2D eigenvalue weighted by Gasteiger charge is -2.42. The van der Waals surface area contributed by atoms with Gasteiger partial charge in [0.25, 0.3) is 0 Å². The lowest BCUT2D eigenvalue weighted by atomic mass is 9.82. The van der Waals surface area contributed by atoms with Crippen molar-refractivity contribution in [3.8, 4) is 51.0 Å². The summed E-state index contributed by atoms with van der Waals surface area (Å²) in [7, 11) is -1.93. The smallest absolute Gasteiger partial charge is 0.164 e. The molecule has 0 atom stereocenters. The van der Waals surface area contributed by atoms with Gasteiger partial charge in [0.05, 0.1) is 11.0 Å². The van der Waals surface area contributed by atoms with Gasteiger partial charge < -0.3 is 4.57 Å². The summed E-state index contributed by atoms with van der Waals surface area (Å²) in [5.41, 5.74) is 11.5. The second kappa shape index (κ2) is 15.4. The Kier molecular flexibility index (Phi) is 9.21. The quantitative estimate of drug-likeness (QED) is 0.153. The molecule has 12 rings (SSSR count). The third kappa shape index (κ3) is 6.18. The Morgan fingerprint density at radius 1 is 0.385 bits per heavy atom. The van der Waals surface area contributed by atoms with Crippen LogP contribution in [0.25, 0.3) is 72.8 Å². The van der Waals surface area contributed by atoms with Gasteiger partial charge in [0.1, 0.15) is 0 Å². The zero-order valence-corrected chi connectivity index (χ0v) is 37.0. The van der Waals surface area contributed by atoms with Crippen LogP contribution in [0.2, 0.25) is 0 Å². The van der Waals surface area contributed by atoms with Crippen LogP contribution in [0.5, 0.6) is 0 Å². The summed E-state index contributed by atoms with van der Waals surface area (Å²) in [6.07, 6.45) is 0. The molecule has 2 aromatic heterocycles. The van der Waals surface area contributed by atoms with E-state index in [1.165, 1.54) is 58.1 Å². The zero-order valence-electron chi connectivity index (χ0n) is 36.1. The average molecular weight is 853 g/mol. The Labute approximate surface area is 380 Å². The summed E-state index contributed by atoms with van der Waals surface area (Å²) in [4.78, 5) is 20.8. The Morgan fingerprint density at radius 3 is 1.52 bits per heavy atom. The Bertz CT molecular complexity index is 3470. The lowest BCUT2D eigenvalue weighted by Crippen LogP contribution is -2.14. The van der Waals surface area contributed by atoms with Crippen LogP contribution in [0, 0.1) is 0 Å². The van der Waals surface area contributed by atoms with Gasteiger partial charge in [0.15, 0.2) is 17.5 Å². The van der Waals surface area contributed by atoms with Crippen molar-refractivity contribution >= 4 is 31.8 Å². The third-order valence-corrected chi connectivity index (χ3v) is 17.0. The van der Waals surface area contributed by atoms with E-state index in [4.69, 9.17) is 15.0 Å². The molecule has 0 saturated carbocycles. The van der Waals surface area contributed by atoms with Gasteiger partial charge >= 0.3 is 0 Å². The van der Waals surface area contributed by atoms with Crippen LogP contribution in [-0.2, 0) is 5.41 Å². The molecule has 0 N–H and O–H groups in total. The van der Waals surface area contributed by atoms with E-state index in [0.717, 1.165) is 27.9 Å². The molecule has 9 aromatic carbocycles. The molecule has 0 amide bonds. The third-order valence-electron chi connectivity index (χ3n) is 13.1. The van der Waals surface area contributed by atoms with E-state index in [1.54, 1.807) is 0 Å². The van der Waals surface area contributed by atoms with E-state index in [2.05, 4.69) is 231 Å². The highest BCUT2D eigenvalue weighted by Crippen LogP contribution is 2.73. The molecule has 11 aromatic rings. The minimum Gasteiger partial charge on any atom is -0.309 e. The lowest BCUT2D eigenvalue weighted by molar-refractivity contribution is 0.661. The Hall–Kier alpha value is -7.86. The number of nitrogens with zero attached hydrogens (tertiary/aromatic N) is 4. The molecule has 0 unspecified atom stereocenters. The Balaban J connectivity index is 1.05. The normalized spacial score (nSPS) is 13.1. The van der Waals surface area contributed by atoms with Crippen molar-refractivity contribution in [2.75, 3.05) is 0 Å². The van der Waals surface area contributed by atoms with Gasteiger partial charge in [-0.05, 0) is 95.1 Å². The van der Waals surface area contributed by atoms with Gasteiger partial charge in [-0.3, -0.25) is 0 Å². The number of para-hydroxylation sites is 1. The summed E-state index contributed by atoms with van der Waals surface area (Å²) in [6, 6.07) is 83.0. The van der Waals surface area contributed by atoms with Crippen LogP contribution >= 0.6 is 10.0 Å². The first-order chi connectivity index (χ1) is 32.0. The molecule has 1 aliphatic rings. The molecule has 65 heavy (non-hydrogen) atoms. The maximum atomic E-state index is 5.35. The van der Waals surface area contributed by atoms with Gasteiger partial charge in [0.2, 0.25) is 0 Å². The summed E-state index contributed by atoms with van der Waals surface area (Å²) in [6.45, 7) is 4.70. The largest absolute Gasteiger partial charge is 0.309 e. The number of fused-ring (bicyclic) bond motifs is 7. The highest BCUT2D eigenvalue weighted by molar-refractivity contribution is 8.34. The second-order valence-electron chi connectivity index (χ2n) is 17.2. The summed E-state index contributed by atoms with van der Waals surface area (Å²) < 4.78 is 2.41. The van der Waals surface area contributed by atoms with E-state index in [9.17, 15) is 0 Å².